The van der Waals surface area contributed by atoms with Crippen molar-refractivity contribution in [1.82, 2.24) is 5.43 Å². The van der Waals surface area contributed by atoms with Crippen molar-refractivity contribution in [2.45, 2.75) is 26.7 Å². The van der Waals surface area contributed by atoms with E-state index < -0.39 is 0 Å². The molecule has 0 radical (unpaired) electrons. The summed E-state index contributed by atoms with van der Waals surface area (Å²) in [7, 11) is 0. The summed E-state index contributed by atoms with van der Waals surface area (Å²) >= 11 is 0. The molecule has 0 spiro atoms. The van der Waals surface area contributed by atoms with E-state index in [1.807, 2.05) is 31.3 Å². The van der Waals surface area contributed by atoms with Crippen molar-refractivity contribution in [2.24, 2.45) is 5.92 Å². The van der Waals surface area contributed by atoms with Crippen molar-refractivity contribution in [3.8, 4) is 6.07 Å². The van der Waals surface area contributed by atoms with Crippen LogP contribution in [0.2, 0.25) is 0 Å². The van der Waals surface area contributed by atoms with Gasteiger partial charge in [0.05, 0.1) is 11.8 Å². The molecule has 0 fully saturated rings. The van der Waals surface area contributed by atoms with Crippen molar-refractivity contribution in [3.05, 3.63) is 42.1 Å². The van der Waals surface area contributed by atoms with Crippen molar-refractivity contribution in [3.63, 3.8) is 0 Å². The minimum Gasteiger partial charge on any atom is -0.309 e. The number of hydrogen-bond donors (Lipinski definition) is 2. The van der Waals surface area contributed by atoms with E-state index in [9.17, 15) is 0 Å². The first-order chi connectivity index (χ1) is 8.22. The molecule has 1 aromatic rings. The molecule has 3 heteroatoms. The van der Waals surface area contributed by atoms with Crippen molar-refractivity contribution >= 4 is 5.69 Å². The van der Waals surface area contributed by atoms with Gasteiger partial charge < -0.3 is 10.9 Å². The lowest BCUT2D eigenvalue weighted by Gasteiger charge is -2.05. The molecule has 0 saturated heterocycles. The van der Waals surface area contributed by atoms with Crippen LogP contribution in [0.1, 0.15) is 25.3 Å². The first-order valence-electron chi connectivity index (χ1n) is 5.85. The smallest absolute Gasteiger partial charge is 0.0652 e. The standard InChI is InChI=1S/C14H19N3/c1-12-6-8-14(9-7-12)17-16-10-4-3-5-13(2)11-15/h4,6-10,13,16-17H,3,5H2,1-2H3. The molecule has 0 amide bonds. The van der Waals surface area contributed by atoms with Gasteiger partial charge in [-0.3, -0.25) is 0 Å². The number of allylic oxidation sites excluding steroid dienone is 1. The number of nitriles is 1. The van der Waals surface area contributed by atoms with Gasteiger partial charge in [0.15, 0.2) is 0 Å². The first kappa shape index (κ1) is 13.1. The van der Waals surface area contributed by atoms with Crippen molar-refractivity contribution in [2.75, 3.05) is 5.43 Å². The monoisotopic (exact) mass is 229 g/mol. The second kappa shape index (κ2) is 7.34. The highest BCUT2D eigenvalue weighted by Gasteiger charge is 1.95. The Hall–Kier alpha value is -1.95. The fraction of sp³-hybridized carbons (Fsp3) is 0.357. The number of nitrogens with one attached hydrogen (secondary N) is 2. The van der Waals surface area contributed by atoms with E-state index in [4.69, 9.17) is 5.26 Å². The SMILES string of the molecule is Cc1ccc(NNC=CCCC(C)C#N)cc1. The van der Waals surface area contributed by atoms with Gasteiger partial charge in [-0.2, -0.15) is 5.26 Å². The molecule has 1 atom stereocenters. The molecule has 0 bridgehead atoms. The molecule has 3 nitrogen and oxygen atoms in total. The van der Waals surface area contributed by atoms with E-state index in [1.165, 1.54) is 5.56 Å². The van der Waals surface area contributed by atoms with E-state index in [2.05, 4.69) is 36.0 Å². The number of hydrogen-bond acceptors (Lipinski definition) is 3. The maximum absolute atomic E-state index is 8.61. The summed E-state index contributed by atoms with van der Waals surface area (Å²) < 4.78 is 0. The van der Waals surface area contributed by atoms with Crippen LogP contribution in [0.15, 0.2) is 36.5 Å². The third-order valence-electron chi connectivity index (χ3n) is 2.46. The summed E-state index contributed by atoms with van der Waals surface area (Å²) in [5.74, 6) is 0.129. The van der Waals surface area contributed by atoms with Gasteiger partial charge >= 0.3 is 0 Å². The molecule has 1 aromatic carbocycles. The fourth-order valence-corrected chi connectivity index (χ4v) is 1.31. The summed E-state index contributed by atoms with van der Waals surface area (Å²) in [5.41, 5.74) is 8.35. The number of anilines is 1. The molecule has 1 unspecified atom stereocenters. The summed E-state index contributed by atoms with van der Waals surface area (Å²) in [6, 6.07) is 10.4. The normalized spacial score (nSPS) is 12.1. The molecule has 0 aliphatic rings. The Labute approximate surface area is 103 Å². The van der Waals surface area contributed by atoms with Crippen LogP contribution in [0, 0.1) is 24.2 Å². The van der Waals surface area contributed by atoms with Crippen LogP contribution in [0.3, 0.4) is 0 Å². The zero-order valence-corrected chi connectivity index (χ0v) is 10.4. The molecule has 90 valence electrons. The van der Waals surface area contributed by atoms with Gasteiger partial charge in [0.25, 0.3) is 0 Å². The Morgan fingerprint density at radius 2 is 2.06 bits per heavy atom. The number of benzene rings is 1. The number of hydrazine groups is 1. The lowest BCUT2D eigenvalue weighted by molar-refractivity contribution is 0.669. The van der Waals surface area contributed by atoms with Crippen LogP contribution in [0.25, 0.3) is 0 Å². The molecule has 1 rings (SSSR count). The van der Waals surface area contributed by atoms with E-state index in [0.717, 1.165) is 18.5 Å². The molecule has 0 saturated carbocycles. The highest BCUT2D eigenvalue weighted by Crippen LogP contribution is 2.07. The Kier molecular flexibility index (Phi) is 5.67. The van der Waals surface area contributed by atoms with E-state index in [1.54, 1.807) is 0 Å². The van der Waals surface area contributed by atoms with Crippen LogP contribution in [0.4, 0.5) is 5.69 Å². The molecule has 0 aromatic heterocycles. The Morgan fingerprint density at radius 1 is 1.35 bits per heavy atom. The van der Waals surface area contributed by atoms with Crippen molar-refractivity contribution < 1.29 is 0 Å². The zero-order valence-electron chi connectivity index (χ0n) is 10.4. The minimum atomic E-state index is 0.129. The van der Waals surface area contributed by atoms with Crippen LogP contribution in [-0.2, 0) is 0 Å². The van der Waals surface area contributed by atoms with Gasteiger partial charge in [0.1, 0.15) is 0 Å². The van der Waals surface area contributed by atoms with E-state index >= 15 is 0 Å². The third-order valence-corrected chi connectivity index (χ3v) is 2.46. The molecule has 0 aliphatic heterocycles. The van der Waals surface area contributed by atoms with Crippen LogP contribution in [0.5, 0.6) is 0 Å². The number of aryl methyl sites for hydroxylation is 1. The Morgan fingerprint density at radius 3 is 2.71 bits per heavy atom. The van der Waals surface area contributed by atoms with Crippen LogP contribution in [-0.4, -0.2) is 0 Å². The Balaban J connectivity index is 2.17. The maximum Gasteiger partial charge on any atom is 0.0652 e. The summed E-state index contributed by atoms with van der Waals surface area (Å²) in [4.78, 5) is 0. The number of rotatable bonds is 6. The number of nitrogens with zero attached hydrogens (tertiary/aromatic N) is 1. The molecule has 2 N–H and O–H groups in total. The third kappa shape index (κ3) is 5.62. The summed E-state index contributed by atoms with van der Waals surface area (Å²) in [6.45, 7) is 4.00. The van der Waals surface area contributed by atoms with Gasteiger partial charge in [0, 0.05) is 12.1 Å². The zero-order chi connectivity index (χ0) is 12.5. The largest absolute Gasteiger partial charge is 0.309 e. The van der Waals surface area contributed by atoms with Crippen LogP contribution >= 0.6 is 0 Å². The second-order valence-electron chi connectivity index (χ2n) is 4.15. The Bertz CT molecular complexity index is 387. The molecule has 0 heterocycles. The molecular weight excluding hydrogens is 210 g/mol. The van der Waals surface area contributed by atoms with Gasteiger partial charge in [-0.25, -0.2) is 0 Å². The molecule has 17 heavy (non-hydrogen) atoms. The van der Waals surface area contributed by atoms with Crippen molar-refractivity contribution in [1.29, 1.82) is 5.26 Å². The highest BCUT2D eigenvalue weighted by molar-refractivity contribution is 5.43. The predicted octanol–water partition coefficient (Wildman–Crippen LogP) is 3.37. The molecular formula is C14H19N3. The predicted molar refractivity (Wildman–Crippen MR) is 71.1 cm³/mol. The fourth-order valence-electron chi connectivity index (χ4n) is 1.31. The quantitative estimate of drug-likeness (QED) is 0.735. The first-order valence-corrected chi connectivity index (χ1v) is 5.85. The van der Waals surface area contributed by atoms with Gasteiger partial charge in [-0.15, -0.1) is 0 Å². The molecule has 0 aliphatic carbocycles. The summed E-state index contributed by atoms with van der Waals surface area (Å²) in [5, 5.41) is 8.61. The average molecular weight is 229 g/mol. The topological polar surface area (TPSA) is 47.8 Å². The minimum absolute atomic E-state index is 0.129. The maximum atomic E-state index is 8.61. The van der Waals surface area contributed by atoms with Crippen LogP contribution < -0.4 is 10.9 Å². The highest BCUT2D eigenvalue weighted by atomic mass is 15.3. The van der Waals surface area contributed by atoms with Gasteiger partial charge in [0.2, 0.25) is 0 Å². The van der Waals surface area contributed by atoms with E-state index in [0.29, 0.717) is 0 Å². The van der Waals surface area contributed by atoms with E-state index in [-0.39, 0.29) is 5.92 Å². The van der Waals surface area contributed by atoms with Gasteiger partial charge in [-0.05, 0) is 38.8 Å². The second-order valence-corrected chi connectivity index (χ2v) is 4.15. The average Bonchev–Trinajstić information content (AvgIpc) is 2.35. The lowest BCUT2D eigenvalue weighted by Crippen LogP contribution is -2.13. The van der Waals surface area contributed by atoms with Gasteiger partial charge in [-0.1, -0.05) is 23.8 Å². The summed E-state index contributed by atoms with van der Waals surface area (Å²) in [6.07, 6.45) is 5.70. The lowest BCUT2D eigenvalue weighted by atomic mass is 10.1.